The number of ether oxygens (including phenoxy) is 2. The van der Waals surface area contributed by atoms with Crippen LogP contribution in [0.3, 0.4) is 0 Å². The number of H-pyrrole nitrogens is 1. The Kier molecular flexibility index (Phi) is 4.93. The Morgan fingerprint density at radius 1 is 1.21 bits per heavy atom. The molecule has 24 heavy (non-hydrogen) atoms. The molecule has 2 heterocycles. The zero-order valence-corrected chi connectivity index (χ0v) is 14.3. The van der Waals surface area contributed by atoms with E-state index in [1.54, 1.807) is 19.5 Å². The van der Waals surface area contributed by atoms with Crippen molar-refractivity contribution in [3.05, 3.63) is 48.0 Å². The first-order chi connectivity index (χ1) is 11.7. The Bertz CT molecular complexity index is 814. The fourth-order valence-corrected chi connectivity index (χ4v) is 2.72. The lowest BCUT2D eigenvalue weighted by atomic mass is 10.1. The zero-order valence-electron chi connectivity index (χ0n) is 14.3. The van der Waals surface area contributed by atoms with Crippen LogP contribution in [-0.4, -0.2) is 28.9 Å². The summed E-state index contributed by atoms with van der Waals surface area (Å²) in [5.41, 5.74) is 1.89. The smallest absolute Gasteiger partial charge is 0.327 e. The van der Waals surface area contributed by atoms with E-state index in [0.717, 1.165) is 35.6 Å². The van der Waals surface area contributed by atoms with Crippen LogP contribution in [0.5, 0.6) is 11.6 Å². The Balaban J connectivity index is 1.76. The molecule has 3 aromatic rings. The highest BCUT2D eigenvalue weighted by Gasteiger charge is 2.19. The Labute approximate surface area is 141 Å². The fraction of sp³-hybridized carbons (Fsp3) is 0.389. The lowest BCUT2D eigenvalue weighted by Crippen LogP contribution is -2.29. The number of hydrogen-bond acceptors (Lipinski definition) is 4. The number of benzene rings is 1. The van der Waals surface area contributed by atoms with Crippen LogP contribution >= 0.6 is 0 Å². The predicted molar refractivity (Wildman–Crippen MR) is 90.3 cm³/mol. The minimum atomic E-state index is 0.524. The van der Waals surface area contributed by atoms with Crippen LogP contribution in [0.25, 0.3) is 5.65 Å². The molecule has 0 aliphatic carbocycles. The highest BCUT2D eigenvalue weighted by Crippen LogP contribution is 2.18. The molecule has 126 valence electrons. The molecule has 0 spiro atoms. The molecule has 0 atom stereocenters. The van der Waals surface area contributed by atoms with Gasteiger partial charge in [-0.15, -0.1) is 5.10 Å². The summed E-state index contributed by atoms with van der Waals surface area (Å²) in [7, 11) is 1.68. The number of hydrogen-bond donors (Lipinski definition) is 1. The molecule has 0 aliphatic rings. The highest BCUT2D eigenvalue weighted by molar-refractivity contribution is 5.33. The normalized spacial score (nSPS) is 11.2. The molecule has 1 aromatic carbocycles. The molecule has 0 fully saturated rings. The van der Waals surface area contributed by atoms with E-state index in [-0.39, 0.29) is 0 Å². The van der Waals surface area contributed by atoms with E-state index >= 15 is 0 Å². The lowest BCUT2D eigenvalue weighted by Gasteiger charge is -2.09. The van der Waals surface area contributed by atoms with E-state index in [1.165, 1.54) is 0 Å². The monoisotopic (exact) mass is 327 g/mol. The van der Waals surface area contributed by atoms with Gasteiger partial charge in [-0.3, -0.25) is 4.98 Å². The topological polar surface area (TPSA) is 64.1 Å². The molecule has 0 saturated heterocycles. The van der Waals surface area contributed by atoms with Gasteiger partial charge in [0.2, 0.25) is 5.82 Å². The average molecular weight is 327 g/mol. The van der Waals surface area contributed by atoms with Gasteiger partial charge in [0.15, 0.2) is 0 Å². The Hall–Kier alpha value is -2.63. The van der Waals surface area contributed by atoms with E-state index in [2.05, 4.69) is 35.1 Å². The van der Waals surface area contributed by atoms with Gasteiger partial charge in [0.05, 0.1) is 13.7 Å². The number of methoxy groups -OCH3 is 1. The molecule has 0 radical (unpaired) electrons. The van der Waals surface area contributed by atoms with Gasteiger partial charge in [0.25, 0.3) is 5.88 Å². The summed E-state index contributed by atoms with van der Waals surface area (Å²) < 4.78 is 13.4. The third-order valence-corrected chi connectivity index (χ3v) is 3.81. The first kappa shape index (κ1) is 16.2. The Morgan fingerprint density at radius 2 is 2.04 bits per heavy atom. The zero-order chi connectivity index (χ0) is 16.9. The van der Waals surface area contributed by atoms with Crippen LogP contribution in [0, 0.1) is 5.92 Å². The summed E-state index contributed by atoms with van der Waals surface area (Å²) in [6, 6.07) is 7.98. The van der Waals surface area contributed by atoms with Crippen molar-refractivity contribution < 1.29 is 13.9 Å². The van der Waals surface area contributed by atoms with Gasteiger partial charge in [-0.25, -0.2) is 0 Å². The van der Waals surface area contributed by atoms with Crippen molar-refractivity contribution in [3.63, 3.8) is 0 Å². The molecule has 3 rings (SSSR count). The SMILES string of the molecule is COc1ccccc1CCOc1cncc2n[nH]c(CC(C)C)[n+]12. The van der Waals surface area contributed by atoms with Gasteiger partial charge in [-0.2, -0.15) is 4.40 Å². The summed E-state index contributed by atoms with van der Waals surface area (Å²) in [5.74, 6) is 3.13. The summed E-state index contributed by atoms with van der Waals surface area (Å²) in [5, 5.41) is 7.39. The lowest BCUT2D eigenvalue weighted by molar-refractivity contribution is -0.533. The van der Waals surface area contributed by atoms with E-state index in [1.807, 2.05) is 22.6 Å². The summed E-state index contributed by atoms with van der Waals surface area (Å²) in [4.78, 5) is 4.21. The summed E-state index contributed by atoms with van der Waals surface area (Å²) in [6.07, 6.45) is 5.12. The number of fused-ring (bicyclic) bond motifs is 1. The van der Waals surface area contributed by atoms with Gasteiger partial charge >= 0.3 is 5.65 Å². The standard InChI is InChI=1S/C18H22N4O2/c1-13(2)10-16-20-21-17-11-19-12-18(22(16)17)24-9-8-14-6-4-5-7-15(14)23-3/h4-7,11-13H,8-10H2,1-3H3/p+1. The Morgan fingerprint density at radius 3 is 2.83 bits per heavy atom. The number of para-hydroxylation sites is 1. The summed E-state index contributed by atoms with van der Waals surface area (Å²) >= 11 is 0. The third-order valence-electron chi connectivity index (χ3n) is 3.81. The fourth-order valence-electron chi connectivity index (χ4n) is 2.72. The number of nitrogens with one attached hydrogen (secondary N) is 1. The highest BCUT2D eigenvalue weighted by atomic mass is 16.5. The minimum Gasteiger partial charge on any atom is -0.496 e. The third kappa shape index (κ3) is 3.48. The quantitative estimate of drug-likeness (QED) is 0.677. The van der Waals surface area contributed by atoms with Crippen LogP contribution in [0.15, 0.2) is 36.7 Å². The van der Waals surface area contributed by atoms with Crippen molar-refractivity contribution in [1.29, 1.82) is 0 Å². The molecular formula is C18H23N4O2+. The molecule has 0 saturated carbocycles. The molecule has 1 N–H and O–H groups in total. The second-order valence-corrected chi connectivity index (χ2v) is 6.12. The molecule has 0 unspecified atom stereocenters. The van der Waals surface area contributed by atoms with Gasteiger partial charge in [-0.1, -0.05) is 32.0 Å². The largest absolute Gasteiger partial charge is 0.496 e. The summed E-state index contributed by atoms with van der Waals surface area (Å²) in [6.45, 7) is 4.90. The molecule has 0 amide bonds. The predicted octanol–water partition coefficient (Wildman–Crippen LogP) is 2.37. The van der Waals surface area contributed by atoms with E-state index < -0.39 is 0 Å². The molecule has 6 heteroatoms. The first-order valence-corrected chi connectivity index (χ1v) is 8.16. The van der Waals surface area contributed by atoms with E-state index in [0.29, 0.717) is 18.4 Å². The van der Waals surface area contributed by atoms with Gasteiger partial charge < -0.3 is 9.47 Å². The molecule has 6 nitrogen and oxygen atoms in total. The molecule has 2 aromatic heterocycles. The van der Waals surface area contributed by atoms with Crippen molar-refractivity contribution in [2.45, 2.75) is 26.7 Å². The van der Waals surface area contributed by atoms with Crippen LogP contribution in [0.2, 0.25) is 0 Å². The van der Waals surface area contributed by atoms with Crippen molar-refractivity contribution in [1.82, 2.24) is 15.2 Å². The van der Waals surface area contributed by atoms with E-state index in [9.17, 15) is 0 Å². The van der Waals surface area contributed by atoms with Crippen molar-refractivity contribution in [2.24, 2.45) is 5.92 Å². The van der Waals surface area contributed by atoms with Crippen LogP contribution < -0.4 is 13.9 Å². The minimum absolute atomic E-state index is 0.524. The average Bonchev–Trinajstić information content (AvgIpc) is 2.98. The van der Waals surface area contributed by atoms with Crippen molar-refractivity contribution in [3.8, 4) is 11.6 Å². The second-order valence-electron chi connectivity index (χ2n) is 6.12. The van der Waals surface area contributed by atoms with Gasteiger partial charge in [0, 0.05) is 17.9 Å². The first-order valence-electron chi connectivity index (χ1n) is 8.16. The number of nitrogens with zero attached hydrogens (tertiary/aromatic N) is 3. The van der Waals surface area contributed by atoms with Crippen LogP contribution in [-0.2, 0) is 12.8 Å². The number of rotatable bonds is 7. The number of aromatic amines is 1. The maximum absolute atomic E-state index is 5.99. The van der Waals surface area contributed by atoms with E-state index in [4.69, 9.17) is 9.47 Å². The molecule has 0 bridgehead atoms. The maximum Gasteiger partial charge on any atom is 0.327 e. The van der Waals surface area contributed by atoms with Crippen LogP contribution in [0.4, 0.5) is 0 Å². The van der Waals surface area contributed by atoms with Gasteiger partial charge in [-0.05, 0) is 17.5 Å². The second kappa shape index (κ2) is 7.29. The molecular weight excluding hydrogens is 304 g/mol. The van der Waals surface area contributed by atoms with Crippen LogP contribution in [0.1, 0.15) is 25.2 Å². The number of aromatic nitrogens is 4. The molecule has 0 aliphatic heterocycles. The van der Waals surface area contributed by atoms with Crippen molar-refractivity contribution >= 4 is 5.65 Å². The van der Waals surface area contributed by atoms with Crippen molar-refractivity contribution in [2.75, 3.05) is 13.7 Å². The van der Waals surface area contributed by atoms with Gasteiger partial charge in [0.1, 0.15) is 18.1 Å². The maximum atomic E-state index is 5.99.